The Morgan fingerprint density at radius 3 is 2.79 bits per heavy atom. The van der Waals surface area contributed by atoms with E-state index in [0.29, 0.717) is 11.9 Å². The number of H-pyrrole nitrogens is 1. The first kappa shape index (κ1) is 9.70. The number of nitrogens with one attached hydrogen (secondary N) is 1. The Morgan fingerprint density at radius 1 is 1.43 bits per heavy atom. The molecule has 3 N–H and O–H groups in total. The second kappa shape index (κ2) is 3.38. The largest absolute Gasteiger partial charge is 0.368 e. The lowest BCUT2D eigenvalue weighted by molar-refractivity contribution is 0.831. The van der Waals surface area contributed by atoms with Gasteiger partial charge in [-0.3, -0.25) is 0 Å². The molecule has 0 bridgehead atoms. The van der Waals surface area contributed by atoms with Gasteiger partial charge in [-0.05, 0) is 28.5 Å². The summed E-state index contributed by atoms with van der Waals surface area (Å²) in [5.41, 5.74) is 7.46. The van der Waals surface area contributed by atoms with Crippen molar-refractivity contribution in [1.82, 2.24) is 15.0 Å². The number of anilines is 1. The SMILES string of the molecule is CC(C)c1nc(N)nc2[nH]cc(I)c12. The Hall–Kier alpha value is -0.850. The van der Waals surface area contributed by atoms with Gasteiger partial charge >= 0.3 is 0 Å². The molecular weight excluding hydrogens is 291 g/mol. The number of nitrogens with zero attached hydrogens (tertiary/aromatic N) is 2. The molecule has 0 aliphatic carbocycles. The zero-order valence-corrected chi connectivity index (χ0v) is 10.2. The fraction of sp³-hybridized carbons (Fsp3) is 0.333. The van der Waals surface area contributed by atoms with Crippen molar-refractivity contribution in [2.24, 2.45) is 0 Å². The van der Waals surface area contributed by atoms with E-state index in [9.17, 15) is 0 Å². The van der Waals surface area contributed by atoms with E-state index in [0.717, 1.165) is 20.3 Å². The molecular formula is C9H11IN4. The summed E-state index contributed by atoms with van der Waals surface area (Å²) in [4.78, 5) is 11.5. The van der Waals surface area contributed by atoms with E-state index < -0.39 is 0 Å². The quantitative estimate of drug-likeness (QED) is 0.794. The minimum absolute atomic E-state index is 0.333. The molecule has 14 heavy (non-hydrogen) atoms. The van der Waals surface area contributed by atoms with Crippen LogP contribution in [0.5, 0.6) is 0 Å². The summed E-state index contributed by atoms with van der Waals surface area (Å²) < 4.78 is 1.14. The number of hydrogen-bond donors (Lipinski definition) is 2. The number of nitrogen functional groups attached to an aromatic ring is 1. The third-order valence-electron chi connectivity index (χ3n) is 2.08. The van der Waals surface area contributed by atoms with Gasteiger partial charge in [0.15, 0.2) is 0 Å². The first-order valence-corrected chi connectivity index (χ1v) is 5.47. The summed E-state index contributed by atoms with van der Waals surface area (Å²) in [5.74, 6) is 0.687. The summed E-state index contributed by atoms with van der Waals surface area (Å²) in [5, 5.41) is 1.09. The summed E-state index contributed by atoms with van der Waals surface area (Å²) >= 11 is 2.27. The Kier molecular flexibility index (Phi) is 2.34. The number of aromatic amines is 1. The Labute approximate surface area is 95.5 Å². The normalized spacial score (nSPS) is 11.4. The third kappa shape index (κ3) is 1.45. The minimum Gasteiger partial charge on any atom is -0.368 e. The van der Waals surface area contributed by atoms with Gasteiger partial charge in [0.25, 0.3) is 0 Å². The first-order valence-electron chi connectivity index (χ1n) is 4.39. The average Bonchev–Trinajstić information content (AvgIpc) is 2.46. The average molecular weight is 302 g/mol. The lowest BCUT2D eigenvalue weighted by Gasteiger charge is -2.06. The van der Waals surface area contributed by atoms with Crippen LogP contribution in [-0.4, -0.2) is 15.0 Å². The molecule has 0 aliphatic heterocycles. The van der Waals surface area contributed by atoms with Gasteiger partial charge in [0, 0.05) is 9.77 Å². The van der Waals surface area contributed by atoms with E-state index >= 15 is 0 Å². The molecule has 0 spiro atoms. The van der Waals surface area contributed by atoms with Gasteiger partial charge in [0.1, 0.15) is 5.65 Å². The van der Waals surface area contributed by atoms with Crippen LogP contribution < -0.4 is 5.73 Å². The Morgan fingerprint density at radius 2 is 2.14 bits per heavy atom. The smallest absolute Gasteiger partial charge is 0.222 e. The summed E-state index contributed by atoms with van der Waals surface area (Å²) in [6, 6.07) is 0. The number of fused-ring (bicyclic) bond motifs is 1. The van der Waals surface area contributed by atoms with Crippen LogP contribution in [0, 0.1) is 3.57 Å². The molecule has 2 heterocycles. The molecule has 74 valence electrons. The Bertz CT molecular complexity index is 475. The van der Waals surface area contributed by atoms with Crippen molar-refractivity contribution in [3.63, 3.8) is 0 Å². The molecule has 2 rings (SSSR count). The standard InChI is InChI=1S/C9H11IN4/c1-4(2)7-6-5(10)3-12-8(6)14-9(11)13-7/h3-4H,1-2H3,(H3,11,12,13,14). The van der Waals surface area contributed by atoms with Gasteiger partial charge < -0.3 is 10.7 Å². The van der Waals surface area contributed by atoms with Crippen LogP contribution in [0.15, 0.2) is 6.20 Å². The highest BCUT2D eigenvalue weighted by molar-refractivity contribution is 14.1. The Balaban J connectivity index is 2.83. The van der Waals surface area contributed by atoms with Crippen LogP contribution in [0.3, 0.4) is 0 Å². The summed E-state index contributed by atoms with van der Waals surface area (Å²) in [6.45, 7) is 4.20. The van der Waals surface area contributed by atoms with Crippen LogP contribution in [0.4, 0.5) is 5.95 Å². The van der Waals surface area contributed by atoms with Crippen LogP contribution in [0.25, 0.3) is 11.0 Å². The minimum atomic E-state index is 0.333. The highest BCUT2D eigenvalue weighted by Crippen LogP contribution is 2.26. The number of aromatic nitrogens is 3. The second-order valence-corrected chi connectivity index (χ2v) is 4.64. The van der Waals surface area contributed by atoms with Crippen LogP contribution in [0.1, 0.15) is 25.5 Å². The van der Waals surface area contributed by atoms with Crippen molar-refractivity contribution in [1.29, 1.82) is 0 Å². The second-order valence-electron chi connectivity index (χ2n) is 3.48. The predicted octanol–water partition coefficient (Wildman–Crippen LogP) is 2.27. The lowest BCUT2D eigenvalue weighted by Crippen LogP contribution is -2.01. The van der Waals surface area contributed by atoms with Gasteiger partial charge in [0.05, 0.1) is 11.1 Å². The van der Waals surface area contributed by atoms with E-state index in [1.54, 1.807) is 0 Å². The van der Waals surface area contributed by atoms with E-state index in [2.05, 4.69) is 51.4 Å². The predicted molar refractivity (Wildman–Crippen MR) is 65.1 cm³/mol. The maximum Gasteiger partial charge on any atom is 0.222 e. The van der Waals surface area contributed by atoms with Crippen molar-refractivity contribution in [2.75, 3.05) is 5.73 Å². The van der Waals surface area contributed by atoms with Crippen LogP contribution >= 0.6 is 22.6 Å². The van der Waals surface area contributed by atoms with E-state index in [1.165, 1.54) is 0 Å². The maximum atomic E-state index is 5.63. The topological polar surface area (TPSA) is 67.6 Å². The molecule has 0 fully saturated rings. The molecule has 0 radical (unpaired) electrons. The summed E-state index contributed by atoms with van der Waals surface area (Å²) in [7, 11) is 0. The molecule has 0 amide bonds. The van der Waals surface area contributed by atoms with Crippen LogP contribution in [0.2, 0.25) is 0 Å². The third-order valence-corrected chi connectivity index (χ3v) is 2.93. The van der Waals surface area contributed by atoms with Crippen molar-refractivity contribution in [2.45, 2.75) is 19.8 Å². The maximum absolute atomic E-state index is 5.63. The lowest BCUT2D eigenvalue weighted by atomic mass is 10.1. The number of nitrogens with two attached hydrogens (primary N) is 1. The first-order chi connectivity index (χ1) is 6.59. The molecule has 0 aromatic carbocycles. The zero-order chi connectivity index (χ0) is 10.3. The molecule has 2 aromatic heterocycles. The van der Waals surface area contributed by atoms with Crippen molar-refractivity contribution in [3.05, 3.63) is 15.5 Å². The molecule has 2 aromatic rings. The van der Waals surface area contributed by atoms with E-state index in [-0.39, 0.29) is 0 Å². The van der Waals surface area contributed by atoms with Crippen molar-refractivity contribution >= 4 is 39.6 Å². The van der Waals surface area contributed by atoms with Gasteiger partial charge in [-0.25, -0.2) is 4.98 Å². The molecule has 4 nitrogen and oxygen atoms in total. The molecule has 0 atom stereocenters. The van der Waals surface area contributed by atoms with Gasteiger partial charge in [-0.1, -0.05) is 13.8 Å². The highest BCUT2D eigenvalue weighted by atomic mass is 127. The highest BCUT2D eigenvalue weighted by Gasteiger charge is 2.13. The molecule has 0 unspecified atom stereocenters. The fourth-order valence-electron chi connectivity index (χ4n) is 1.46. The van der Waals surface area contributed by atoms with Crippen molar-refractivity contribution < 1.29 is 0 Å². The molecule has 5 heteroatoms. The van der Waals surface area contributed by atoms with Gasteiger partial charge in [-0.15, -0.1) is 0 Å². The molecule has 0 saturated heterocycles. The zero-order valence-electron chi connectivity index (χ0n) is 8.00. The summed E-state index contributed by atoms with van der Waals surface area (Å²) in [6.07, 6.45) is 1.92. The van der Waals surface area contributed by atoms with Crippen molar-refractivity contribution in [3.8, 4) is 0 Å². The van der Waals surface area contributed by atoms with Gasteiger partial charge in [-0.2, -0.15) is 4.98 Å². The number of hydrogen-bond acceptors (Lipinski definition) is 3. The molecule has 0 saturated carbocycles. The monoisotopic (exact) mass is 302 g/mol. The molecule has 0 aliphatic rings. The fourth-order valence-corrected chi connectivity index (χ4v) is 2.15. The number of rotatable bonds is 1. The number of halogens is 1. The van der Waals surface area contributed by atoms with E-state index in [4.69, 9.17) is 5.73 Å². The van der Waals surface area contributed by atoms with E-state index in [1.807, 2.05) is 6.20 Å². The van der Waals surface area contributed by atoms with Crippen LogP contribution in [-0.2, 0) is 0 Å². The van der Waals surface area contributed by atoms with Gasteiger partial charge in [0.2, 0.25) is 5.95 Å².